The number of nitrogens with zero attached hydrogens (tertiary/aromatic N) is 3. The number of hydrogen-bond acceptors (Lipinski definition) is 5. The zero-order valence-electron chi connectivity index (χ0n) is 14.4. The van der Waals surface area contributed by atoms with Crippen LogP contribution in [0, 0.1) is 11.3 Å². The van der Waals surface area contributed by atoms with Crippen LogP contribution in [0.2, 0.25) is 0 Å². The lowest BCUT2D eigenvalue weighted by atomic mass is 9.76. The van der Waals surface area contributed by atoms with Crippen LogP contribution in [-0.4, -0.2) is 66.6 Å². The second-order valence-electron chi connectivity index (χ2n) is 7.92. The molecule has 132 valence electrons. The van der Waals surface area contributed by atoms with E-state index < -0.39 is 0 Å². The number of amides is 1. The molecule has 3 fully saturated rings. The Hall–Kier alpha value is -1.40. The summed E-state index contributed by atoms with van der Waals surface area (Å²) < 4.78 is 10.9. The molecular formula is C18H27N3O3. The third kappa shape index (κ3) is 3.35. The van der Waals surface area contributed by atoms with Gasteiger partial charge in [-0.3, -0.25) is 4.79 Å². The molecule has 1 spiro atoms. The average molecular weight is 333 g/mol. The summed E-state index contributed by atoms with van der Waals surface area (Å²) in [5.74, 6) is 0.825. The smallest absolute Gasteiger partial charge is 0.275 e. The van der Waals surface area contributed by atoms with Crippen molar-refractivity contribution >= 4 is 5.91 Å². The summed E-state index contributed by atoms with van der Waals surface area (Å²) in [4.78, 5) is 20.7. The number of rotatable bonds is 5. The third-order valence-corrected chi connectivity index (χ3v) is 6.00. The highest BCUT2D eigenvalue weighted by molar-refractivity contribution is 5.91. The average Bonchev–Trinajstić information content (AvgIpc) is 3.14. The monoisotopic (exact) mass is 333 g/mol. The first-order valence-corrected chi connectivity index (χ1v) is 9.11. The SMILES string of the molecule is CN1CC2(CCN(C(=O)c3cocn3)CC2)C[C@@H]1COCC1CC1. The minimum atomic E-state index is -0.00531. The van der Waals surface area contributed by atoms with E-state index in [0.29, 0.717) is 17.2 Å². The van der Waals surface area contributed by atoms with Crippen molar-refractivity contribution < 1.29 is 13.9 Å². The molecule has 1 aliphatic carbocycles. The topological polar surface area (TPSA) is 58.8 Å². The van der Waals surface area contributed by atoms with Gasteiger partial charge in [-0.25, -0.2) is 4.98 Å². The molecule has 0 aromatic carbocycles. The van der Waals surface area contributed by atoms with Gasteiger partial charge >= 0.3 is 0 Å². The number of carbonyl (C=O) groups excluding carboxylic acids is 1. The summed E-state index contributed by atoms with van der Waals surface area (Å²) >= 11 is 0. The van der Waals surface area contributed by atoms with Crippen LogP contribution in [0.3, 0.4) is 0 Å². The number of likely N-dealkylation sites (N-methyl/N-ethyl adjacent to an activating group) is 1. The van der Waals surface area contributed by atoms with Gasteiger partial charge in [-0.15, -0.1) is 0 Å². The van der Waals surface area contributed by atoms with Crippen LogP contribution in [-0.2, 0) is 4.74 Å². The molecule has 1 aromatic rings. The highest BCUT2D eigenvalue weighted by Crippen LogP contribution is 2.43. The molecule has 0 N–H and O–H groups in total. The molecule has 6 heteroatoms. The molecule has 3 aliphatic rings. The van der Waals surface area contributed by atoms with E-state index in [4.69, 9.17) is 9.15 Å². The predicted octanol–water partition coefficient (Wildman–Crippen LogP) is 2.03. The van der Waals surface area contributed by atoms with Crippen LogP contribution < -0.4 is 0 Å². The zero-order chi connectivity index (χ0) is 16.6. The molecule has 1 atom stereocenters. The fourth-order valence-corrected chi connectivity index (χ4v) is 4.25. The first-order chi connectivity index (χ1) is 11.7. The number of oxazole rings is 1. The summed E-state index contributed by atoms with van der Waals surface area (Å²) in [6.07, 6.45) is 8.78. The molecule has 2 saturated heterocycles. The van der Waals surface area contributed by atoms with Crippen LogP contribution in [0.25, 0.3) is 0 Å². The highest BCUT2D eigenvalue weighted by Gasteiger charge is 2.45. The molecule has 1 aromatic heterocycles. The summed E-state index contributed by atoms with van der Waals surface area (Å²) in [5, 5.41) is 0. The standard InChI is InChI=1S/C18H27N3O3/c1-20-12-18(8-15(20)10-23-9-14-2-3-14)4-6-21(7-5-18)17(22)16-11-24-13-19-16/h11,13-15H,2-10,12H2,1H3/t15-/m1/s1. The van der Waals surface area contributed by atoms with E-state index >= 15 is 0 Å². The molecule has 1 amide bonds. The van der Waals surface area contributed by atoms with Crippen LogP contribution in [0.5, 0.6) is 0 Å². The lowest BCUT2D eigenvalue weighted by Crippen LogP contribution is -2.44. The number of aromatic nitrogens is 1. The van der Waals surface area contributed by atoms with Crippen molar-refractivity contribution in [1.82, 2.24) is 14.8 Å². The fourth-order valence-electron chi connectivity index (χ4n) is 4.25. The normalized spacial score (nSPS) is 27.0. The zero-order valence-corrected chi connectivity index (χ0v) is 14.4. The molecule has 0 bridgehead atoms. The van der Waals surface area contributed by atoms with Crippen molar-refractivity contribution in [2.75, 3.05) is 39.9 Å². The van der Waals surface area contributed by atoms with Gasteiger partial charge in [0, 0.05) is 32.3 Å². The fraction of sp³-hybridized carbons (Fsp3) is 0.778. The van der Waals surface area contributed by atoms with Crippen molar-refractivity contribution in [3.05, 3.63) is 18.4 Å². The Morgan fingerprint density at radius 2 is 2.17 bits per heavy atom. The number of hydrogen-bond donors (Lipinski definition) is 0. The van der Waals surface area contributed by atoms with E-state index in [9.17, 15) is 4.79 Å². The highest BCUT2D eigenvalue weighted by atomic mass is 16.5. The molecule has 1 saturated carbocycles. The van der Waals surface area contributed by atoms with Gasteiger partial charge in [0.2, 0.25) is 0 Å². The molecule has 24 heavy (non-hydrogen) atoms. The lowest BCUT2D eigenvalue weighted by molar-refractivity contribution is 0.0582. The van der Waals surface area contributed by atoms with Crippen LogP contribution in [0.1, 0.15) is 42.6 Å². The molecule has 0 unspecified atom stereocenters. The molecule has 3 heterocycles. The van der Waals surface area contributed by atoms with Crippen molar-refractivity contribution in [1.29, 1.82) is 0 Å². The van der Waals surface area contributed by atoms with Crippen molar-refractivity contribution in [2.45, 2.75) is 38.1 Å². The summed E-state index contributed by atoms with van der Waals surface area (Å²) in [6.45, 7) is 4.55. The van der Waals surface area contributed by atoms with Gasteiger partial charge in [-0.1, -0.05) is 0 Å². The van der Waals surface area contributed by atoms with E-state index in [1.54, 1.807) is 0 Å². The van der Waals surface area contributed by atoms with E-state index in [1.807, 2.05) is 4.90 Å². The largest absolute Gasteiger partial charge is 0.451 e. The predicted molar refractivity (Wildman–Crippen MR) is 88.7 cm³/mol. The van der Waals surface area contributed by atoms with Crippen molar-refractivity contribution in [3.8, 4) is 0 Å². The maximum atomic E-state index is 12.4. The van der Waals surface area contributed by atoms with Gasteiger partial charge in [-0.2, -0.15) is 0 Å². The number of likely N-dealkylation sites (tertiary alicyclic amines) is 2. The quantitative estimate of drug-likeness (QED) is 0.825. The Balaban J connectivity index is 1.29. The Morgan fingerprint density at radius 3 is 2.83 bits per heavy atom. The van der Waals surface area contributed by atoms with Gasteiger partial charge in [0.1, 0.15) is 6.26 Å². The van der Waals surface area contributed by atoms with E-state index in [1.165, 1.54) is 31.9 Å². The van der Waals surface area contributed by atoms with E-state index in [2.05, 4.69) is 16.9 Å². The first kappa shape index (κ1) is 16.1. The van der Waals surface area contributed by atoms with Crippen LogP contribution in [0.4, 0.5) is 0 Å². The third-order valence-electron chi connectivity index (χ3n) is 6.00. The summed E-state index contributed by atoms with van der Waals surface area (Å²) in [5.41, 5.74) is 0.768. The summed E-state index contributed by atoms with van der Waals surface area (Å²) in [6, 6.07) is 0.529. The maximum Gasteiger partial charge on any atom is 0.275 e. The Morgan fingerprint density at radius 1 is 1.38 bits per heavy atom. The Labute approximate surface area is 143 Å². The van der Waals surface area contributed by atoms with E-state index in [0.717, 1.165) is 51.6 Å². The van der Waals surface area contributed by atoms with Gasteiger partial charge < -0.3 is 19.0 Å². The van der Waals surface area contributed by atoms with E-state index in [-0.39, 0.29) is 5.91 Å². The van der Waals surface area contributed by atoms with Crippen LogP contribution in [0.15, 0.2) is 17.1 Å². The second-order valence-corrected chi connectivity index (χ2v) is 7.92. The minimum absolute atomic E-state index is 0.00531. The van der Waals surface area contributed by atoms with Crippen molar-refractivity contribution in [3.63, 3.8) is 0 Å². The van der Waals surface area contributed by atoms with Crippen molar-refractivity contribution in [2.24, 2.45) is 11.3 Å². The molecule has 2 aliphatic heterocycles. The number of ether oxygens (including phenoxy) is 1. The van der Waals surface area contributed by atoms with Gasteiger partial charge in [-0.05, 0) is 50.5 Å². The van der Waals surface area contributed by atoms with Gasteiger partial charge in [0.05, 0.1) is 6.61 Å². The summed E-state index contributed by atoms with van der Waals surface area (Å²) in [7, 11) is 2.22. The molecule has 6 nitrogen and oxygen atoms in total. The molecule has 0 radical (unpaired) electrons. The van der Waals surface area contributed by atoms with Gasteiger partial charge in [0.25, 0.3) is 5.91 Å². The Bertz CT molecular complexity index is 562. The Kier molecular flexibility index (Phi) is 4.35. The second kappa shape index (κ2) is 6.48. The molecular weight excluding hydrogens is 306 g/mol. The maximum absolute atomic E-state index is 12.4. The molecule has 4 rings (SSSR count). The lowest BCUT2D eigenvalue weighted by Gasteiger charge is -2.39. The number of piperidine rings is 1. The minimum Gasteiger partial charge on any atom is -0.451 e. The van der Waals surface area contributed by atoms with Crippen LogP contribution >= 0.6 is 0 Å². The first-order valence-electron chi connectivity index (χ1n) is 9.11. The number of carbonyl (C=O) groups is 1. The van der Waals surface area contributed by atoms with Gasteiger partial charge in [0.15, 0.2) is 12.1 Å².